The topological polar surface area (TPSA) is 9.72 Å². The fourth-order valence-electron chi connectivity index (χ4n) is 14.9. The third kappa shape index (κ3) is 9.01. The monoisotopic (exact) mass is 1140 g/mol. The Hall–Kier alpha value is -9.96. The molecule has 0 bridgehead atoms. The smallest absolute Gasteiger partial charge is 0.0465 e. The van der Waals surface area contributed by atoms with E-state index in [0.717, 1.165) is 51.2 Å². The van der Waals surface area contributed by atoms with Gasteiger partial charge in [0.1, 0.15) is 0 Å². The maximum atomic E-state index is 2.49. The summed E-state index contributed by atoms with van der Waals surface area (Å²) in [5, 5.41) is 0. The molecule has 0 radical (unpaired) electrons. The first-order valence-electron chi connectivity index (χ1n) is 31.3. The van der Waals surface area contributed by atoms with Crippen molar-refractivity contribution in [2.45, 2.75) is 84.5 Å². The van der Waals surface area contributed by atoms with Crippen LogP contribution < -0.4 is 14.7 Å². The molecule has 0 saturated heterocycles. The quantitative estimate of drug-likeness (QED) is 0.113. The average molecular weight is 1140 g/mol. The van der Waals surface area contributed by atoms with Crippen LogP contribution in [-0.2, 0) is 16.2 Å². The fraction of sp³-hybridized carbons (Fsp3) is 0.153. The lowest BCUT2D eigenvalue weighted by Gasteiger charge is -2.31. The maximum Gasteiger partial charge on any atom is 0.0465 e. The van der Waals surface area contributed by atoms with Crippen LogP contribution in [0.4, 0.5) is 51.2 Å². The van der Waals surface area contributed by atoms with Gasteiger partial charge < -0.3 is 14.7 Å². The Morgan fingerprint density at radius 1 is 0.216 bits per heavy atom. The molecule has 15 rings (SSSR count). The van der Waals surface area contributed by atoms with E-state index < -0.39 is 0 Å². The first-order valence-corrected chi connectivity index (χ1v) is 31.3. The van der Waals surface area contributed by atoms with Gasteiger partial charge in [-0.1, -0.05) is 222 Å². The predicted octanol–water partition coefficient (Wildman–Crippen LogP) is 23.1. The molecule has 0 saturated carbocycles. The summed E-state index contributed by atoms with van der Waals surface area (Å²) < 4.78 is 0. The van der Waals surface area contributed by atoms with Gasteiger partial charge in [0.15, 0.2) is 0 Å². The standard InChI is InChI=1S/C85H73N3/c1-55-22-28-58(29-23-55)82(60-32-49-73-70-16-10-13-19-76(70)83(4,5)79(73)52-60)59-30-37-63(38-31-59)86(64-39-43-66(44-40-64)87(61-33-24-56(2)25-34-61)68-47-50-74-71-17-11-14-20-77(71)84(6,7)80(74)53-68)65-41-45-67(46-42-65)88(62-35-26-57(3)27-36-62)69-48-51-75-72-18-12-15-21-78(72)85(8,9)81(75)54-69/h10-54,82H,1-9H3. The van der Waals surface area contributed by atoms with Gasteiger partial charge in [-0.15, -0.1) is 0 Å². The van der Waals surface area contributed by atoms with E-state index in [2.05, 4.69) is 350 Å². The SMILES string of the molecule is Cc1ccc(C(c2ccc(N(c3ccc(N(c4ccc(C)cc4)c4ccc5c(c4)C(C)(C)c4ccccc4-5)cc3)c3ccc(N(c4ccc(C)cc4)c4ccc5c(c4)C(C)(C)c4ccccc4-5)cc3)cc2)c2ccc3c(c2)C(C)(C)c2ccccc2-3)cc1. The van der Waals surface area contributed by atoms with Crippen molar-refractivity contribution in [3.05, 3.63) is 340 Å². The molecule has 1 atom stereocenters. The lowest BCUT2D eigenvalue weighted by Crippen LogP contribution is -2.17. The Bertz CT molecular complexity index is 4170. The van der Waals surface area contributed by atoms with Crippen molar-refractivity contribution in [3.63, 3.8) is 0 Å². The van der Waals surface area contributed by atoms with Crippen molar-refractivity contribution >= 4 is 51.2 Å². The molecular weight excluding hydrogens is 1060 g/mol. The van der Waals surface area contributed by atoms with Crippen LogP contribution in [0.3, 0.4) is 0 Å². The Morgan fingerprint density at radius 3 is 0.795 bits per heavy atom. The first kappa shape index (κ1) is 54.7. The molecule has 12 aromatic carbocycles. The predicted molar refractivity (Wildman–Crippen MR) is 371 cm³/mol. The highest BCUT2D eigenvalue weighted by atomic mass is 15.2. The molecule has 0 aliphatic heterocycles. The lowest BCUT2D eigenvalue weighted by molar-refractivity contribution is 0.659. The minimum atomic E-state index is -0.136. The second kappa shape index (κ2) is 20.9. The Kier molecular flexibility index (Phi) is 13.0. The number of rotatable bonds is 12. The van der Waals surface area contributed by atoms with Crippen molar-refractivity contribution < 1.29 is 0 Å². The van der Waals surface area contributed by atoms with Crippen molar-refractivity contribution in [1.82, 2.24) is 0 Å². The zero-order chi connectivity index (χ0) is 60.2. The molecule has 0 spiro atoms. The number of anilines is 9. The summed E-state index contributed by atoms with van der Waals surface area (Å²) in [7, 11) is 0. The first-order chi connectivity index (χ1) is 42.6. The average Bonchev–Trinajstić information content (AvgIpc) is 1.62. The summed E-state index contributed by atoms with van der Waals surface area (Å²) in [6, 6.07) is 103. The van der Waals surface area contributed by atoms with E-state index >= 15 is 0 Å². The minimum Gasteiger partial charge on any atom is -0.311 e. The third-order valence-corrected chi connectivity index (χ3v) is 19.8. The number of hydrogen-bond acceptors (Lipinski definition) is 3. The van der Waals surface area contributed by atoms with Crippen LogP contribution in [-0.4, -0.2) is 0 Å². The van der Waals surface area contributed by atoms with Crippen molar-refractivity contribution in [2.24, 2.45) is 0 Å². The Balaban J connectivity index is 0.847. The van der Waals surface area contributed by atoms with Crippen LogP contribution in [0, 0.1) is 20.8 Å². The zero-order valence-corrected chi connectivity index (χ0v) is 51.9. The highest BCUT2D eigenvalue weighted by Gasteiger charge is 2.39. The van der Waals surface area contributed by atoms with Gasteiger partial charge in [-0.2, -0.15) is 0 Å². The van der Waals surface area contributed by atoms with E-state index in [-0.39, 0.29) is 22.2 Å². The van der Waals surface area contributed by atoms with Crippen LogP contribution in [0.5, 0.6) is 0 Å². The summed E-state index contributed by atoms with van der Waals surface area (Å²) in [6.07, 6.45) is 0. The number of aryl methyl sites for hydroxylation is 3. The number of benzene rings is 12. The van der Waals surface area contributed by atoms with Gasteiger partial charge in [0.05, 0.1) is 0 Å². The van der Waals surface area contributed by atoms with Crippen molar-refractivity contribution in [2.75, 3.05) is 14.7 Å². The summed E-state index contributed by atoms with van der Waals surface area (Å²) in [6.45, 7) is 20.7. The van der Waals surface area contributed by atoms with Crippen LogP contribution in [0.25, 0.3) is 33.4 Å². The van der Waals surface area contributed by atoms with Crippen LogP contribution in [0.15, 0.2) is 273 Å². The molecule has 12 aromatic rings. The van der Waals surface area contributed by atoms with E-state index in [0.29, 0.717) is 0 Å². The van der Waals surface area contributed by atoms with E-state index in [1.165, 1.54) is 100 Å². The highest BCUT2D eigenvalue weighted by Crippen LogP contribution is 2.54. The fourth-order valence-corrected chi connectivity index (χ4v) is 14.9. The van der Waals surface area contributed by atoms with Gasteiger partial charge in [0.25, 0.3) is 0 Å². The van der Waals surface area contributed by atoms with Crippen LogP contribution >= 0.6 is 0 Å². The number of hydrogen-bond donors (Lipinski definition) is 0. The lowest BCUT2D eigenvalue weighted by atomic mass is 9.79. The molecule has 0 fully saturated rings. The molecule has 0 amide bonds. The summed E-state index contributed by atoms with van der Waals surface area (Å²) in [5.41, 5.74) is 33.2. The summed E-state index contributed by atoms with van der Waals surface area (Å²) in [5.74, 6) is 0.0184. The van der Waals surface area contributed by atoms with Crippen molar-refractivity contribution in [1.29, 1.82) is 0 Å². The van der Waals surface area contributed by atoms with Crippen LogP contribution in [0.2, 0.25) is 0 Å². The van der Waals surface area contributed by atoms with Gasteiger partial charge in [0, 0.05) is 73.3 Å². The van der Waals surface area contributed by atoms with Crippen molar-refractivity contribution in [3.8, 4) is 33.4 Å². The molecule has 0 N–H and O–H groups in total. The molecule has 3 aliphatic carbocycles. The van der Waals surface area contributed by atoms with Gasteiger partial charge in [-0.05, 0) is 213 Å². The van der Waals surface area contributed by atoms with Gasteiger partial charge in [-0.25, -0.2) is 0 Å². The zero-order valence-electron chi connectivity index (χ0n) is 51.9. The normalized spacial score (nSPS) is 14.4. The molecule has 88 heavy (non-hydrogen) atoms. The molecule has 428 valence electrons. The molecule has 3 heteroatoms. The molecule has 0 aromatic heterocycles. The third-order valence-electron chi connectivity index (χ3n) is 19.8. The minimum absolute atomic E-state index is 0.0184. The van der Waals surface area contributed by atoms with E-state index in [4.69, 9.17) is 0 Å². The summed E-state index contributed by atoms with van der Waals surface area (Å²) >= 11 is 0. The molecular formula is C85H73N3. The van der Waals surface area contributed by atoms with Gasteiger partial charge in [-0.3, -0.25) is 0 Å². The number of nitrogens with zero attached hydrogens (tertiary/aromatic N) is 3. The molecule has 3 aliphatic rings. The van der Waals surface area contributed by atoms with Gasteiger partial charge in [0.2, 0.25) is 0 Å². The van der Waals surface area contributed by atoms with Crippen LogP contribution in [0.1, 0.15) is 114 Å². The molecule has 3 nitrogen and oxygen atoms in total. The number of fused-ring (bicyclic) bond motifs is 9. The molecule has 1 unspecified atom stereocenters. The highest BCUT2D eigenvalue weighted by molar-refractivity contribution is 5.89. The van der Waals surface area contributed by atoms with Gasteiger partial charge >= 0.3 is 0 Å². The molecule has 0 heterocycles. The maximum absolute atomic E-state index is 2.49. The summed E-state index contributed by atoms with van der Waals surface area (Å²) in [4.78, 5) is 7.25. The largest absolute Gasteiger partial charge is 0.311 e. The second-order valence-electron chi connectivity index (χ2n) is 26.4. The van der Waals surface area contributed by atoms with E-state index in [1.807, 2.05) is 0 Å². The Morgan fingerprint density at radius 2 is 0.443 bits per heavy atom. The van der Waals surface area contributed by atoms with E-state index in [9.17, 15) is 0 Å². The van der Waals surface area contributed by atoms with E-state index in [1.54, 1.807) is 0 Å². The Labute approximate surface area is 520 Å². The second-order valence-corrected chi connectivity index (χ2v) is 26.4.